The van der Waals surface area contributed by atoms with E-state index in [0.717, 1.165) is 28.8 Å². The zero-order chi connectivity index (χ0) is 24.8. The van der Waals surface area contributed by atoms with E-state index in [1.54, 1.807) is 6.07 Å². The summed E-state index contributed by atoms with van der Waals surface area (Å²) >= 11 is 0. The molecule has 3 aromatic carbocycles. The van der Waals surface area contributed by atoms with Gasteiger partial charge in [0.2, 0.25) is 0 Å². The molecule has 4 aromatic rings. The van der Waals surface area contributed by atoms with E-state index in [1.165, 1.54) is 24.5 Å². The summed E-state index contributed by atoms with van der Waals surface area (Å²) in [6.45, 7) is 0. The Hall–Kier alpha value is -4.46. The largest absolute Gasteiger partial charge is 0.573 e. The summed E-state index contributed by atoms with van der Waals surface area (Å²) in [5, 5.41) is 2.46. The predicted octanol–water partition coefficient (Wildman–Crippen LogP) is 6.32. The molecule has 176 valence electrons. The molecule has 1 amide bonds. The number of aromatic nitrogens is 1. The molecule has 35 heavy (non-hydrogen) atoms. The standard InChI is InChI=1S/C27H19F3N2O3/c28-27(29,30)35-25-13-12-21(16-23(25)26(34)32-22-7-4-14-31-17-22)24(33)15-18-8-10-20(11-9-18)19-5-2-1-3-6-19/h1-14,16-17H,15H2,(H,32,34). The molecule has 0 spiro atoms. The Labute approximate surface area is 199 Å². The van der Waals surface area contributed by atoms with Gasteiger partial charge >= 0.3 is 6.36 Å². The lowest BCUT2D eigenvalue weighted by atomic mass is 9.98. The summed E-state index contributed by atoms with van der Waals surface area (Å²) in [5.41, 5.74) is 2.71. The van der Waals surface area contributed by atoms with Gasteiger partial charge in [-0.25, -0.2) is 0 Å². The summed E-state index contributed by atoms with van der Waals surface area (Å²) in [6.07, 6.45) is -2.16. The van der Waals surface area contributed by atoms with Crippen molar-refractivity contribution in [3.05, 3.63) is 114 Å². The van der Waals surface area contributed by atoms with Gasteiger partial charge in [0.1, 0.15) is 5.75 Å². The fourth-order valence-electron chi connectivity index (χ4n) is 3.46. The highest BCUT2D eigenvalue weighted by Gasteiger charge is 2.33. The molecule has 0 aliphatic heterocycles. The summed E-state index contributed by atoms with van der Waals surface area (Å²) in [5.74, 6) is -1.92. The van der Waals surface area contributed by atoms with Crippen LogP contribution < -0.4 is 10.1 Å². The number of alkyl halides is 3. The molecule has 1 heterocycles. The maximum Gasteiger partial charge on any atom is 0.573 e. The fraction of sp³-hybridized carbons (Fsp3) is 0.0741. The van der Waals surface area contributed by atoms with Gasteiger partial charge in [0.15, 0.2) is 5.78 Å². The number of hydrogen-bond acceptors (Lipinski definition) is 4. The maximum atomic E-state index is 12.9. The quantitative estimate of drug-likeness (QED) is 0.317. The summed E-state index contributed by atoms with van der Waals surface area (Å²) in [4.78, 5) is 29.5. The first-order valence-electron chi connectivity index (χ1n) is 10.6. The van der Waals surface area contributed by atoms with E-state index in [1.807, 2.05) is 54.6 Å². The Morgan fingerprint density at radius 3 is 2.23 bits per heavy atom. The van der Waals surface area contributed by atoms with Gasteiger partial charge in [-0.15, -0.1) is 13.2 Å². The molecule has 0 atom stereocenters. The van der Waals surface area contributed by atoms with Crippen LogP contribution in [0.4, 0.5) is 18.9 Å². The number of ketones is 1. The Balaban J connectivity index is 1.56. The normalized spacial score (nSPS) is 11.1. The minimum atomic E-state index is -5.00. The molecule has 0 unspecified atom stereocenters. The van der Waals surface area contributed by atoms with Gasteiger partial charge in [0.05, 0.1) is 17.4 Å². The molecule has 1 N–H and O–H groups in total. The van der Waals surface area contributed by atoms with Crippen molar-refractivity contribution >= 4 is 17.4 Å². The van der Waals surface area contributed by atoms with Crippen LogP contribution in [0.3, 0.4) is 0 Å². The molecular weight excluding hydrogens is 457 g/mol. The third-order valence-corrected chi connectivity index (χ3v) is 5.12. The molecular formula is C27H19F3N2O3. The molecule has 8 heteroatoms. The van der Waals surface area contributed by atoms with E-state index in [2.05, 4.69) is 15.0 Å². The number of carbonyl (C=O) groups is 2. The first-order valence-corrected chi connectivity index (χ1v) is 10.6. The smallest absolute Gasteiger partial charge is 0.405 e. The second-order valence-electron chi connectivity index (χ2n) is 7.62. The van der Waals surface area contributed by atoms with Crippen LogP contribution in [0.25, 0.3) is 11.1 Å². The molecule has 0 fully saturated rings. The van der Waals surface area contributed by atoms with Crippen molar-refractivity contribution < 1.29 is 27.5 Å². The zero-order valence-corrected chi connectivity index (χ0v) is 18.3. The van der Waals surface area contributed by atoms with Crippen molar-refractivity contribution in [2.24, 2.45) is 0 Å². The van der Waals surface area contributed by atoms with Crippen LogP contribution in [-0.2, 0) is 6.42 Å². The number of halogens is 3. The molecule has 5 nitrogen and oxygen atoms in total. The number of hydrogen-bond donors (Lipinski definition) is 1. The van der Waals surface area contributed by atoms with Crippen LogP contribution >= 0.6 is 0 Å². The number of anilines is 1. The lowest BCUT2D eigenvalue weighted by Crippen LogP contribution is -2.21. The van der Waals surface area contributed by atoms with Crippen molar-refractivity contribution in [1.82, 2.24) is 4.98 Å². The Kier molecular flexibility index (Phi) is 6.91. The van der Waals surface area contributed by atoms with Crippen molar-refractivity contribution in [3.63, 3.8) is 0 Å². The van der Waals surface area contributed by atoms with Crippen molar-refractivity contribution in [2.75, 3.05) is 5.32 Å². The third kappa shape index (κ3) is 6.32. The Morgan fingerprint density at radius 1 is 0.857 bits per heavy atom. The van der Waals surface area contributed by atoms with Crippen LogP contribution in [0, 0.1) is 0 Å². The number of benzene rings is 3. The van der Waals surface area contributed by atoms with Crippen LogP contribution in [0.2, 0.25) is 0 Å². The van der Waals surface area contributed by atoms with E-state index in [-0.39, 0.29) is 23.5 Å². The van der Waals surface area contributed by atoms with E-state index in [4.69, 9.17) is 0 Å². The second-order valence-corrected chi connectivity index (χ2v) is 7.62. The SMILES string of the molecule is O=C(Cc1ccc(-c2ccccc2)cc1)c1ccc(OC(F)(F)F)c(C(=O)Nc2cccnc2)c1. The number of carbonyl (C=O) groups excluding carboxylic acids is 2. The van der Waals surface area contributed by atoms with E-state index in [9.17, 15) is 22.8 Å². The zero-order valence-electron chi connectivity index (χ0n) is 18.3. The number of ether oxygens (including phenoxy) is 1. The second kappa shape index (κ2) is 10.2. The molecule has 0 aliphatic rings. The fourth-order valence-corrected chi connectivity index (χ4v) is 3.46. The highest BCUT2D eigenvalue weighted by atomic mass is 19.4. The lowest BCUT2D eigenvalue weighted by Gasteiger charge is -2.14. The molecule has 0 saturated heterocycles. The van der Waals surface area contributed by atoms with E-state index in [0.29, 0.717) is 0 Å². The van der Waals surface area contributed by atoms with Crippen LogP contribution in [-0.4, -0.2) is 23.0 Å². The highest BCUT2D eigenvalue weighted by Crippen LogP contribution is 2.29. The van der Waals surface area contributed by atoms with Gasteiger partial charge < -0.3 is 10.1 Å². The van der Waals surface area contributed by atoms with Gasteiger partial charge in [0.25, 0.3) is 5.91 Å². The number of nitrogens with zero attached hydrogens (tertiary/aromatic N) is 1. The van der Waals surface area contributed by atoms with Crippen LogP contribution in [0.1, 0.15) is 26.3 Å². The Bertz CT molecular complexity index is 1320. The summed E-state index contributed by atoms with van der Waals surface area (Å²) in [6, 6.07) is 23.5. The summed E-state index contributed by atoms with van der Waals surface area (Å²) < 4.78 is 42.7. The third-order valence-electron chi connectivity index (χ3n) is 5.12. The van der Waals surface area contributed by atoms with Crippen molar-refractivity contribution in [2.45, 2.75) is 12.8 Å². The lowest BCUT2D eigenvalue weighted by molar-refractivity contribution is -0.274. The van der Waals surface area contributed by atoms with Gasteiger partial charge in [0, 0.05) is 18.2 Å². The molecule has 0 saturated carbocycles. The maximum absolute atomic E-state index is 12.9. The monoisotopic (exact) mass is 476 g/mol. The molecule has 1 aromatic heterocycles. The van der Waals surface area contributed by atoms with Gasteiger partial charge in [-0.3, -0.25) is 14.6 Å². The van der Waals surface area contributed by atoms with Gasteiger partial charge in [-0.1, -0.05) is 54.6 Å². The van der Waals surface area contributed by atoms with Crippen LogP contribution in [0.15, 0.2) is 97.3 Å². The number of pyridine rings is 1. The number of Topliss-reactive ketones (excluding diaryl/α,β-unsaturated/α-hetero) is 1. The average molecular weight is 476 g/mol. The number of nitrogens with one attached hydrogen (secondary N) is 1. The van der Waals surface area contributed by atoms with E-state index < -0.39 is 23.6 Å². The van der Waals surface area contributed by atoms with Gasteiger partial charge in [-0.05, 0) is 47.0 Å². The molecule has 0 radical (unpaired) electrons. The minimum Gasteiger partial charge on any atom is -0.405 e. The van der Waals surface area contributed by atoms with Crippen molar-refractivity contribution in [3.8, 4) is 16.9 Å². The minimum absolute atomic E-state index is 0.0121. The molecule has 0 aliphatic carbocycles. The molecule has 0 bridgehead atoms. The van der Waals surface area contributed by atoms with Crippen molar-refractivity contribution in [1.29, 1.82) is 0 Å². The predicted molar refractivity (Wildman–Crippen MR) is 125 cm³/mol. The first kappa shape index (κ1) is 23.7. The Morgan fingerprint density at radius 2 is 1.57 bits per heavy atom. The van der Waals surface area contributed by atoms with Crippen LogP contribution in [0.5, 0.6) is 5.75 Å². The number of rotatable bonds is 7. The highest BCUT2D eigenvalue weighted by molar-refractivity contribution is 6.08. The number of amides is 1. The molecule has 4 rings (SSSR count). The van der Waals surface area contributed by atoms with E-state index >= 15 is 0 Å². The average Bonchev–Trinajstić information content (AvgIpc) is 2.85. The summed E-state index contributed by atoms with van der Waals surface area (Å²) in [7, 11) is 0. The topological polar surface area (TPSA) is 68.3 Å². The van der Waals surface area contributed by atoms with Gasteiger partial charge in [-0.2, -0.15) is 0 Å². The first-order chi connectivity index (χ1) is 16.8.